The van der Waals surface area contributed by atoms with Crippen LogP contribution in [-0.4, -0.2) is 13.2 Å². The monoisotopic (exact) mass is 205 g/mol. The van der Waals surface area contributed by atoms with Crippen LogP contribution in [0.3, 0.4) is 0 Å². The van der Waals surface area contributed by atoms with Crippen LogP contribution in [0.5, 0.6) is 0 Å². The van der Waals surface area contributed by atoms with Gasteiger partial charge in [-0.3, -0.25) is 0 Å². The van der Waals surface area contributed by atoms with E-state index in [4.69, 9.17) is 10.5 Å². The summed E-state index contributed by atoms with van der Waals surface area (Å²) in [6, 6.07) is 8.59. The van der Waals surface area contributed by atoms with E-state index in [0.29, 0.717) is 5.92 Å². The minimum absolute atomic E-state index is 0.176. The first-order chi connectivity index (χ1) is 7.29. The second-order valence-corrected chi connectivity index (χ2v) is 4.33. The molecule has 0 radical (unpaired) electrons. The van der Waals surface area contributed by atoms with E-state index in [1.54, 1.807) is 0 Å². The highest BCUT2D eigenvalue weighted by molar-refractivity contribution is 5.28. The van der Waals surface area contributed by atoms with Gasteiger partial charge in [0, 0.05) is 19.3 Å². The molecule has 2 heteroatoms. The van der Waals surface area contributed by atoms with Gasteiger partial charge in [-0.2, -0.15) is 0 Å². The van der Waals surface area contributed by atoms with Crippen LogP contribution in [0.25, 0.3) is 0 Å². The van der Waals surface area contributed by atoms with Gasteiger partial charge in [0.25, 0.3) is 0 Å². The maximum atomic E-state index is 6.32. The molecule has 0 amide bonds. The SMILES string of the molecule is Cc1ccccc1C(N)C1CCOCC1. The molecule has 0 saturated carbocycles. The van der Waals surface area contributed by atoms with Crippen molar-refractivity contribution < 1.29 is 4.74 Å². The first-order valence-electron chi connectivity index (χ1n) is 5.68. The number of aryl methyl sites for hydroxylation is 1. The van der Waals surface area contributed by atoms with Crippen LogP contribution in [0, 0.1) is 12.8 Å². The first-order valence-corrected chi connectivity index (χ1v) is 5.68. The van der Waals surface area contributed by atoms with Crippen LogP contribution in [0.15, 0.2) is 24.3 Å². The van der Waals surface area contributed by atoms with E-state index in [0.717, 1.165) is 26.1 Å². The van der Waals surface area contributed by atoms with Gasteiger partial charge in [0.15, 0.2) is 0 Å². The predicted molar refractivity (Wildman–Crippen MR) is 61.7 cm³/mol. The Morgan fingerprint density at radius 1 is 1.27 bits per heavy atom. The Labute approximate surface area is 91.4 Å². The van der Waals surface area contributed by atoms with E-state index in [-0.39, 0.29) is 6.04 Å². The molecule has 1 aromatic carbocycles. The zero-order chi connectivity index (χ0) is 10.7. The maximum Gasteiger partial charge on any atom is 0.0469 e. The Bertz CT molecular complexity index is 318. The molecule has 82 valence electrons. The Morgan fingerprint density at radius 2 is 1.93 bits per heavy atom. The van der Waals surface area contributed by atoms with Gasteiger partial charge in [0.1, 0.15) is 0 Å². The van der Waals surface area contributed by atoms with Gasteiger partial charge in [-0.1, -0.05) is 24.3 Å². The quantitative estimate of drug-likeness (QED) is 0.804. The van der Waals surface area contributed by atoms with Crippen molar-refractivity contribution in [3.63, 3.8) is 0 Å². The van der Waals surface area contributed by atoms with E-state index < -0.39 is 0 Å². The summed E-state index contributed by atoms with van der Waals surface area (Å²) in [7, 11) is 0. The summed E-state index contributed by atoms with van der Waals surface area (Å²) >= 11 is 0. The third-order valence-corrected chi connectivity index (χ3v) is 3.32. The summed E-state index contributed by atoms with van der Waals surface area (Å²) in [6.45, 7) is 3.86. The van der Waals surface area contributed by atoms with Crippen molar-refractivity contribution in [3.05, 3.63) is 35.4 Å². The molecule has 0 bridgehead atoms. The molecule has 1 heterocycles. The molecule has 2 nitrogen and oxygen atoms in total. The van der Waals surface area contributed by atoms with Crippen LogP contribution in [0.1, 0.15) is 30.0 Å². The molecule has 1 saturated heterocycles. The number of rotatable bonds is 2. The summed E-state index contributed by atoms with van der Waals surface area (Å²) in [4.78, 5) is 0. The molecule has 1 aliphatic heterocycles. The largest absolute Gasteiger partial charge is 0.381 e. The van der Waals surface area contributed by atoms with E-state index in [2.05, 4.69) is 31.2 Å². The highest BCUT2D eigenvalue weighted by atomic mass is 16.5. The molecule has 2 rings (SSSR count). The van der Waals surface area contributed by atoms with Crippen molar-refractivity contribution in [2.45, 2.75) is 25.8 Å². The van der Waals surface area contributed by atoms with Crippen LogP contribution >= 0.6 is 0 Å². The third-order valence-electron chi connectivity index (χ3n) is 3.32. The molecule has 0 spiro atoms. The number of hydrogen-bond donors (Lipinski definition) is 1. The van der Waals surface area contributed by atoms with Gasteiger partial charge in [-0.05, 0) is 36.8 Å². The Balaban J connectivity index is 2.12. The lowest BCUT2D eigenvalue weighted by Crippen LogP contribution is -2.27. The van der Waals surface area contributed by atoms with Crippen molar-refractivity contribution in [1.29, 1.82) is 0 Å². The second-order valence-electron chi connectivity index (χ2n) is 4.33. The summed E-state index contributed by atoms with van der Waals surface area (Å²) in [6.07, 6.45) is 2.19. The van der Waals surface area contributed by atoms with Crippen molar-refractivity contribution in [1.82, 2.24) is 0 Å². The molecular weight excluding hydrogens is 186 g/mol. The van der Waals surface area contributed by atoms with Crippen molar-refractivity contribution in [3.8, 4) is 0 Å². The van der Waals surface area contributed by atoms with Gasteiger partial charge in [-0.15, -0.1) is 0 Å². The minimum atomic E-state index is 0.176. The average Bonchev–Trinajstić information content (AvgIpc) is 2.30. The second kappa shape index (κ2) is 4.77. The number of nitrogens with two attached hydrogens (primary N) is 1. The van der Waals surface area contributed by atoms with Gasteiger partial charge < -0.3 is 10.5 Å². The van der Waals surface area contributed by atoms with Gasteiger partial charge in [0.2, 0.25) is 0 Å². The number of benzene rings is 1. The lowest BCUT2D eigenvalue weighted by atomic mass is 9.86. The first kappa shape index (κ1) is 10.7. The molecule has 1 aromatic rings. The van der Waals surface area contributed by atoms with Crippen LogP contribution in [-0.2, 0) is 4.74 Å². The highest BCUT2D eigenvalue weighted by Crippen LogP contribution is 2.29. The number of hydrogen-bond acceptors (Lipinski definition) is 2. The molecule has 2 N–H and O–H groups in total. The zero-order valence-electron chi connectivity index (χ0n) is 9.28. The molecular formula is C13H19NO. The van der Waals surface area contributed by atoms with Crippen molar-refractivity contribution >= 4 is 0 Å². The normalized spacial score (nSPS) is 20.1. The lowest BCUT2D eigenvalue weighted by molar-refractivity contribution is 0.0583. The van der Waals surface area contributed by atoms with Crippen molar-refractivity contribution in [2.75, 3.05) is 13.2 Å². The molecule has 1 aliphatic rings. The fourth-order valence-corrected chi connectivity index (χ4v) is 2.29. The van der Waals surface area contributed by atoms with E-state index in [1.165, 1.54) is 11.1 Å². The fourth-order valence-electron chi connectivity index (χ4n) is 2.29. The standard InChI is InChI=1S/C13H19NO/c1-10-4-2-3-5-12(10)13(14)11-6-8-15-9-7-11/h2-5,11,13H,6-9,14H2,1H3. The topological polar surface area (TPSA) is 35.2 Å². The molecule has 1 atom stereocenters. The Hall–Kier alpha value is -0.860. The zero-order valence-corrected chi connectivity index (χ0v) is 9.28. The summed E-state index contributed by atoms with van der Waals surface area (Å²) in [5, 5.41) is 0. The lowest BCUT2D eigenvalue weighted by Gasteiger charge is -2.28. The van der Waals surface area contributed by atoms with E-state index in [1.807, 2.05) is 0 Å². The maximum absolute atomic E-state index is 6.32. The number of ether oxygens (including phenoxy) is 1. The third kappa shape index (κ3) is 2.39. The van der Waals surface area contributed by atoms with E-state index >= 15 is 0 Å². The van der Waals surface area contributed by atoms with Gasteiger partial charge >= 0.3 is 0 Å². The average molecular weight is 205 g/mol. The van der Waals surface area contributed by atoms with Gasteiger partial charge in [-0.25, -0.2) is 0 Å². The summed E-state index contributed by atoms with van der Waals surface area (Å²) in [5.74, 6) is 0.583. The molecule has 0 aliphatic carbocycles. The minimum Gasteiger partial charge on any atom is -0.381 e. The summed E-state index contributed by atoms with van der Waals surface area (Å²) in [5.41, 5.74) is 8.91. The molecule has 1 unspecified atom stereocenters. The van der Waals surface area contributed by atoms with Crippen LogP contribution in [0.2, 0.25) is 0 Å². The van der Waals surface area contributed by atoms with Crippen LogP contribution in [0.4, 0.5) is 0 Å². The van der Waals surface area contributed by atoms with Crippen molar-refractivity contribution in [2.24, 2.45) is 11.7 Å². The molecule has 1 fully saturated rings. The fraction of sp³-hybridized carbons (Fsp3) is 0.538. The highest BCUT2D eigenvalue weighted by Gasteiger charge is 2.22. The predicted octanol–water partition coefficient (Wildman–Crippen LogP) is 2.42. The smallest absolute Gasteiger partial charge is 0.0469 e. The summed E-state index contributed by atoms with van der Waals surface area (Å²) < 4.78 is 5.36. The molecule has 0 aromatic heterocycles. The Morgan fingerprint density at radius 3 is 2.60 bits per heavy atom. The van der Waals surface area contributed by atoms with Gasteiger partial charge in [0.05, 0.1) is 0 Å². The molecule has 15 heavy (non-hydrogen) atoms. The van der Waals surface area contributed by atoms with E-state index in [9.17, 15) is 0 Å². The Kier molecular flexibility index (Phi) is 3.39. The van der Waals surface area contributed by atoms with Crippen LogP contribution < -0.4 is 5.73 Å².